The van der Waals surface area contributed by atoms with Crippen LogP contribution in [0.4, 0.5) is 0 Å². The van der Waals surface area contributed by atoms with E-state index < -0.39 is 12.0 Å². The first kappa shape index (κ1) is 20.0. The van der Waals surface area contributed by atoms with Crippen LogP contribution in [0, 0.1) is 0 Å². The number of fused-ring (bicyclic) bond motifs is 1. The Morgan fingerprint density at radius 2 is 2.00 bits per heavy atom. The summed E-state index contributed by atoms with van der Waals surface area (Å²) in [5.41, 5.74) is 4.74. The highest BCUT2D eigenvalue weighted by Crippen LogP contribution is 2.28. The summed E-state index contributed by atoms with van der Waals surface area (Å²) in [6, 6.07) is 11.8. The van der Waals surface area contributed by atoms with E-state index in [0.717, 1.165) is 0 Å². The van der Waals surface area contributed by atoms with Crippen molar-refractivity contribution in [1.82, 2.24) is 10.5 Å². The van der Waals surface area contributed by atoms with Gasteiger partial charge in [-0.05, 0) is 49.4 Å². The molecule has 3 rings (SSSR count). The van der Waals surface area contributed by atoms with Crippen molar-refractivity contribution < 1.29 is 23.5 Å². The van der Waals surface area contributed by atoms with Crippen molar-refractivity contribution in [3.8, 4) is 17.6 Å². The van der Waals surface area contributed by atoms with Crippen LogP contribution in [0.15, 0.2) is 58.5 Å². The first-order valence-corrected chi connectivity index (χ1v) is 9.04. The molecule has 146 valence electrons. The minimum atomic E-state index is -0.756. The Kier molecular flexibility index (Phi) is 6.76. The molecule has 0 bridgehead atoms. The maximum Gasteiger partial charge on any atom is 0.400 e. The van der Waals surface area contributed by atoms with Crippen LogP contribution in [0.3, 0.4) is 0 Å². The Balaban J connectivity index is 1.56. The summed E-state index contributed by atoms with van der Waals surface area (Å²) in [4.78, 5) is 21.0. The van der Waals surface area contributed by atoms with E-state index in [1.165, 1.54) is 11.6 Å². The van der Waals surface area contributed by atoms with Gasteiger partial charge < -0.3 is 13.9 Å². The van der Waals surface area contributed by atoms with E-state index in [-0.39, 0.29) is 12.7 Å². The van der Waals surface area contributed by atoms with Gasteiger partial charge >= 0.3 is 6.08 Å². The Morgan fingerprint density at radius 3 is 2.75 bits per heavy atom. The zero-order chi connectivity index (χ0) is 19.9. The molecule has 0 aliphatic heterocycles. The van der Waals surface area contributed by atoms with E-state index in [1.54, 1.807) is 49.4 Å². The standard InChI is InChI=1S/C19H16Cl2N2O5/c1-12(18(24)23-25-10-2-9-20)26-14-4-6-15(7-5-14)27-19-22-16-8-3-13(21)11-17(16)28-19/h2-9,11-12H,10H2,1H3,(H,23,24)/b9-2+/t12-/m1/s1. The number of amides is 1. The zero-order valence-electron chi connectivity index (χ0n) is 14.7. The van der Waals surface area contributed by atoms with Gasteiger partial charge in [0.2, 0.25) is 0 Å². The van der Waals surface area contributed by atoms with Crippen LogP contribution in [-0.4, -0.2) is 23.6 Å². The topological polar surface area (TPSA) is 82.8 Å². The second-order valence-corrected chi connectivity index (χ2v) is 6.25. The van der Waals surface area contributed by atoms with Crippen molar-refractivity contribution in [1.29, 1.82) is 0 Å². The predicted octanol–water partition coefficient (Wildman–Crippen LogP) is 4.84. The molecule has 2 aromatic carbocycles. The number of nitrogens with one attached hydrogen (secondary N) is 1. The van der Waals surface area contributed by atoms with Gasteiger partial charge in [0.25, 0.3) is 5.91 Å². The van der Waals surface area contributed by atoms with E-state index in [9.17, 15) is 4.79 Å². The molecule has 28 heavy (non-hydrogen) atoms. The van der Waals surface area contributed by atoms with Crippen molar-refractivity contribution in [2.75, 3.05) is 6.61 Å². The highest BCUT2D eigenvalue weighted by molar-refractivity contribution is 6.31. The molecule has 0 fully saturated rings. The van der Waals surface area contributed by atoms with Gasteiger partial charge in [0.15, 0.2) is 11.7 Å². The highest BCUT2D eigenvalue weighted by atomic mass is 35.5. The monoisotopic (exact) mass is 422 g/mol. The average molecular weight is 423 g/mol. The van der Waals surface area contributed by atoms with Crippen molar-refractivity contribution in [2.45, 2.75) is 13.0 Å². The van der Waals surface area contributed by atoms with E-state index in [2.05, 4.69) is 10.5 Å². The van der Waals surface area contributed by atoms with E-state index >= 15 is 0 Å². The molecule has 1 atom stereocenters. The molecule has 1 N–H and O–H groups in total. The number of hydrogen-bond donors (Lipinski definition) is 1. The normalized spacial score (nSPS) is 12.2. The molecule has 1 amide bonds. The van der Waals surface area contributed by atoms with Crippen molar-refractivity contribution in [2.24, 2.45) is 0 Å². The fraction of sp³-hybridized carbons (Fsp3) is 0.158. The number of rotatable bonds is 8. The number of aromatic nitrogens is 1. The second-order valence-electron chi connectivity index (χ2n) is 5.56. The van der Waals surface area contributed by atoms with E-state index in [4.69, 9.17) is 41.9 Å². The second kappa shape index (κ2) is 9.45. The minimum absolute atomic E-state index is 0.0989. The molecule has 0 spiro atoms. The molecule has 0 unspecified atom stereocenters. The third-order valence-corrected chi connectivity index (χ3v) is 3.90. The predicted molar refractivity (Wildman–Crippen MR) is 105 cm³/mol. The first-order valence-electron chi connectivity index (χ1n) is 8.22. The Labute approximate surface area is 170 Å². The van der Waals surface area contributed by atoms with E-state index in [0.29, 0.717) is 27.6 Å². The number of halogens is 2. The first-order chi connectivity index (χ1) is 13.5. The van der Waals surface area contributed by atoms with Gasteiger partial charge in [-0.15, -0.1) is 0 Å². The number of hydroxylamine groups is 1. The van der Waals surface area contributed by atoms with Crippen LogP contribution in [-0.2, 0) is 9.63 Å². The van der Waals surface area contributed by atoms with Crippen LogP contribution in [0.1, 0.15) is 6.92 Å². The molecule has 7 nitrogen and oxygen atoms in total. The van der Waals surface area contributed by atoms with Gasteiger partial charge in [-0.2, -0.15) is 4.98 Å². The van der Waals surface area contributed by atoms with Gasteiger partial charge in [0.05, 0.1) is 6.61 Å². The lowest BCUT2D eigenvalue weighted by Crippen LogP contribution is -2.36. The van der Waals surface area contributed by atoms with Gasteiger partial charge in [0.1, 0.15) is 17.0 Å². The molecule has 0 saturated heterocycles. The summed E-state index contributed by atoms with van der Waals surface area (Å²) in [6.07, 6.45) is 0.882. The highest BCUT2D eigenvalue weighted by Gasteiger charge is 2.15. The molecule has 0 radical (unpaired) electrons. The van der Waals surface area contributed by atoms with Crippen LogP contribution < -0.4 is 15.0 Å². The van der Waals surface area contributed by atoms with Crippen LogP contribution in [0.5, 0.6) is 17.6 Å². The number of benzene rings is 2. The Morgan fingerprint density at radius 1 is 1.25 bits per heavy atom. The third kappa shape index (κ3) is 5.39. The molecule has 0 aliphatic carbocycles. The Bertz CT molecular complexity index is 972. The van der Waals surface area contributed by atoms with Gasteiger partial charge in [-0.1, -0.05) is 23.2 Å². The minimum Gasteiger partial charge on any atom is -0.481 e. The van der Waals surface area contributed by atoms with Crippen molar-refractivity contribution in [3.63, 3.8) is 0 Å². The quantitative estimate of drug-likeness (QED) is 0.412. The van der Waals surface area contributed by atoms with Crippen LogP contribution >= 0.6 is 23.2 Å². The molecule has 3 aromatic rings. The summed E-state index contributed by atoms with van der Waals surface area (Å²) >= 11 is 11.3. The molecular weight excluding hydrogens is 407 g/mol. The van der Waals surface area contributed by atoms with Crippen molar-refractivity contribution in [3.05, 3.63) is 59.1 Å². The van der Waals surface area contributed by atoms with Crippen molar-refractivity contribution >= 4 is 40.2 Å². The number of ether oxygens (including phenoxy) is 2. The lowest BCUT2D eigenvalue weighted by molar-refractivity contribution is -0.139. The number of carbonyl (C=O) groups excluding carboxylic acids is 1. The lowest BCUT2D eigenvalue weighted by Gasteiger charge is -2.14. The van der Waals surface area contributed by atoms with Gasteiger partial charge in [0, 0.05) is 16.6 Å². The summed E-state index contributed by atoms with van der Waals surface area (Å²) in [7, 11) is 0. The van der Waals surface area contributed by atoms with Crippen LogP contribution in [0.2, 0.25) is 5.02 Å². The molecule has 0 aliphatic rings. The lowest BCUT2D eigenvalue weighted by atomic mass is 10.3. The number of hydrogen-bond acceptors (Lipinski definition) is 6. The fourth-order valence-electron chi connectivity index (χ4n) is 2.15. The summed E-state index contributed by atoms with van der Waals surface area (Å²) in [5, 5.41) is 0.552. The van der Waals surface area contributed by atoms with Gasteiger partial charge in [-0.25, -0.2) is 5.48 Å². The third-order valence-electron chi connectivity index (χ3n) is 3.48. The van der Waals surface area contributed by atoms with E-state index in [1.807, 2.05) is 0 Å². The molecule has 9 heteroatoms. The SMILES string of the molecule is C[C@@H](Oc1ccc(Oc2nc3ccc(Cl)cc3o2)cc1)C(=O)NOC/C=C/Cl. The molecular formula is C19H16Cl2N2O5. The molecule has 1 aromatic heterocycles. The smallest absolute Gasteiger partial charge is 0.400 e. The fourth-order valence-corrected chi connectivity index (χ4v) is 2.38. The number of nitrogens with zero attached hydrogens (tertiary/aromatic N) is 1. The summed E-state index contributed by atoms with van der Waals surface area (Å²) < 4.78 is 16.7. The summed E-state index contributed by atoms with van der Waals surface area (Å²) in [5.74, 6) is 0.562. The maximum absolute atomic E-state index is 11.9. The Hall–Kier alpha value is -2.74. The zero-order valence-corrected chi connectivity index (χ0v) is 16.2. The molecule has 0 saturated carbocycles. The summed E-state index contributed by atoms with van der Waals surface area (Å²) in [6.45, 7) is 1.76. The number of oxazole rings is 1. The largest absolute Gasteiger partial charge is 0.481 e. The van der Waals surface area contributed by atoms with Gasteiger partial charge in [-0.3, -0.25) is 9.63 Å². The average Bonchev–Trinajstić information content (AvgIpc) is 3.07. The van der Waals surface area contributed by atoms with Crippen LogP contribution in [0.25, 0.3) is 11.1 Å². The number of carbonyl (C=O) groups is 1. The molecule has 1 heterocycles. The maximum atomic E-state index is 11.9.